The van der Waals surface area contributed by atoms with Crippen LogP contribution in [0.2, 0.25) is 0 Å². The van der Waals surface area contributed by atoms with Gasteiger partial charge in [-0.3, -0.25) is 0 Å². The fourth-order valence-electron chi connectivity index (χ4n) is 4.31. The first-order valence-electron chi connectivity index (χ1n) is 9.88. The van der Waals surface area contributed by atoms with Gasteiger partial charge < -0.3 is 14.8 Å². The highest BCUT2D eigenvalue weighted by atomic mass is 19.4. The number of nitrogens with one attached hydrogen (secondary N) is 1. The third kappa shape index (κ3) is 3.29. The number of ether oxygens (including phenoxy) is 2. The van der Waals surface area contributed by atoms with Gasteiger partial charge in [-0.05, 0) is 42.7 Å². The highest BCUT2D eigenvalue weighted by Crippen LogP contribution is 2.44. The molecule has 5 rings (SSSR count). The Hall–Kier alpha value is -3.04. The van der Waals surface area contributed by atoms with Gasteiger partial charge in [-0.2, -0.15) is 17.7 Å². The van der Waals surface area contributed by atoms with E-state index in [-0.39, 0.29) is 11.1 Å². The molecule has 0 amide bonds. The van der Waals surface area contributed by atoms with Crippen molar-refractivity contribution in [2.24, 2.45) is 0 Å². The Morgan fingerprint density at radius 2 is 1.77 bits per heavy atom. The summed E-state index contributed by atoms with van der Waals surface area (Å²) in [6, 6.07) is 9.11. The SMILES string of the molecule is FC(F)(F)c1nnc2ccc(NCC3(c4ccc5c(c4)OCCO5)CCCC3)nn12. The molecule has 2 aromatic heterocycles. The Kier molecular flexibility index (Phi) is 4.44. The highest BCUT2D eigenvalue weighted by Gasteiger charge is 2.38. The fourth-order valence-corrected chi connectivity index (χ4v) is 4.31. The number of halogens is 3. The maximum absolute atomic E-state index is 13.1. The summed E-state index contributed by atoms with van der Waals surface area (Å²) >= 11 is 0. The third-order valence-corrected chi connectivity index (χ3v) is 5.84. The monoisotopic (exact) mass is 419 g/mol. The summed E-state index contributed by atoms with van der Waals surface area (Å²) in [6.45, 7) is 1.61. The normalized spacial score (nSPS) is 18.0. The number of benzene rings is 1. The number of anilines is 1. The molecule has 1 fully saturated rings. The maximum atomic E-state index is 13.1. The number of nitrogens with zero attached hydrogens (tertiary/aromatic N) is 4. The average Bonchev–Trinajstić information content (AvgIpc) is 3.39. The van der Waals surface area contributed by atoms with Gasteiger partial charge in [-0.25, -0.2) is 0 Å². The fraction of sp³-hybridized carbons (Fsp3) is 0.450. The van der Waals surface area contributed by atoms with Crippen molar-refractivity contribution in [3.8, 4) is 11.5 Å². The lowest BCUT2D eigenvalue weighted by molar-refractivity contribution is -0.146. The van der Waals surface area contributed by atoms with Crippen LogP contribution in [0.5, 0.6) is 11.5 Å². The van der Waals surface area contributed by atoms with Crippen molar-refractivity contribution >= 4 is 11.5 Å². The largest absolute Gasteiger partial charge is 0.486 e. The zero-order valence-corrected chi connectivity index (χ0v) is 16.1. The lowest BCUT2D eigenvalue weighted by Crippen LogP contribution is -2.32. The number of hydrogen-bond acceptors (Lipinski definition) is 6. The molecule has 1 saturated carbocycles. The number of alkyl halides is 3. The van der Waals surface area contributed by atoms with E-state index in [2.05, 4.69) is 26.7 Å². The van der Waals surface area contributed by atoms with E-state index in [1.165, 1.54) is 6.07 Å². The van der Waals surface area contributed by atoms with Crippen LogP contribution >= 0.6 is 0 Å². The van der Waals surface area contributed by atoms with Gasteiger partial charge in [-0.15, -0.1) is 15.3 Å². The molecule has 1 aliphatic carbocycles. The van der Waals surface area contributed by atoms with Gasteiger partial charge in [0.25, 0.3) is 5.82 Å². The standard InChI is InChI=1S/C20H20F3N5O2/c21-20(22,23)18-26-25-17-6-5-16(27-28(17)18)24-12-19(7-1-2-8-19)13-3-4-14-15(11-13)30-10-9-29-14/h3-6,11H,1-2,7-10,12H2,(H,24,27). The van der Waals surface area contributed by atoms with Gasteiger partial charge in [0.05, 0.1) is 0 Å². The zero-order chi connectivity index (χ0) is 20.8. The quantitative estimate of drug-likeness (QED) is 0.693. The van der Waals surface area contributed by atoms with Crippen molar-refractivity contribution in [1.29, 1.82) is 0 Å². The predicted octanol–water partition coefficient (Wildman–Crippen LogP) is 3.84. The first kappa shape index (κ1) is 19.0. The van der Waals surface area contributed by atoms with Gasteiger partial charge in [0, 0.05) is 12.0 Å². The van der Waals surface area contributed by atoms with E-state index in [0.29, 0.717) is 25.6 Å². The van der Waals surface area contributed by atoms with Crippen molar-refractivity contribution in [3.05, 3.63) is 41.7 Å². The van der Waals surface area contributed by atoms with Crippen LogP contribution in [0.15, 0.2) is 30.3 Å². The second kappa shape index (κ2) is 7.03. The van der Waals surface area contributed by atoms with Crippen molar-refractivity contribution in [3.63, 3.8) is 0 Å². The second-order valence-corrected chi connectivity index (χ2v) is 7.71. The van der Waals surface area contributed by atoms with Gasteiger partial charge >= 0.3 is 6.18 Å². The lowest BCUT2D eigenvalue weighted by atomic mass is 9.78. The van der Waals surface area contributed by atoms with E-state index in [9.17, 15) is 13.2 Å². The van der Waals surface area contributed by atoms with E-state index in [4.69, 9.17) is 9.47 Å². The Labute approximate surface area is 170 Å². The van der Waals surface area contributed by atoms with Crippen LogP contribution in [0.4, 0.5) is 19.0 Å². The van der Waals surface area contributed by atoms with Crippen LogP contribution < -0.4 is 14.8 Å². The molecule has 0 saturated heterocycles. The summed E-state index contributed by atoms with van der Waals surface area (Å²) in [5.41, 5.74) is 1.04. The molecule has 158 valence electrons. The summed E-state index contributed by atoms with van der Waals surface area (Å²) in [5.74, 6) is 0.689. The van der Waals surface area contributed by atoms with Crippen molar-refractivity contribution in [2.45, 2.75) is 37.3 Å². The topological polar surface area (TPSA) is 73.6 Å². The summed E-state index contributed by atoms with van der Waals surface area (Å²) in [4.78, 5) is 0. The van der Waals surface area contributed by atoms with Gasteiger partial charge in [-0.1, -0.05) is 18.9 Å². The molecule has 0 bridgehead atoms. The Bertz CT molecular complexity index is 1080. The Morgan fingerprint density at radius 1 is 1.00 bits per heavy atom. The highest BCUT2D eigenvalue weighted by molar-refractivity contribution is 5.48. The molecule has 1 N–H and O–H groups in total. The van der Waals surface area contributed by atoms with Crippen molar-refractivity contribution in [2.75, 3.05) is 25.1 Å². The molecule has 0 unspecified atom stereocenters. The smallest absolute Gasteiger partial charge is 0.453 e. The van der Waals surface area contributed by atoms with Gasteiger partial charge in [0.15, 0.2) is 17.1 Å². The molecular weight excluding hydrogens is 399 g/mol. The summed E-state index contributed by atoms with van der Waals surface area (Å²) in [6.07, 6.45) is -0.494. The van der Waals surface area contributed by atoms with Crippen LogP contribution in [0, 0.1) is 0 Å². The van der Waals surface area contributed by atoms with Crippen LogP contribution in [0.3, 0.4) is 0 Å². The molecule has 0 atom stereocenters. The first-order valence-corrected chi connectivity index (χ1v) is 9.88. The zero-order valence-electron chi connectivity index (χ0n) is 16.1. The van der Waals surface area contributed by atoms with Crippen LogP contribution in [0.25, 0.3) is 5.65 Å². The number of fused-ring (bicyclic) bond motifs is 2. The van der Waals surface area contributed by atoms with E-state index < -0.39 is 12.0 Å². The minimum atomic E-state index is -4.62. The molecule has 0 radical (unpaired) electrons. The third-order valence-electron chi connectivity index (χ3n) is 5.84. The summed E-state index contributed by atoms with van der Waals surface area (Å²) < 4.78 is 51.5. The molecule has 30 heavy (non-hydrogen) atoms. The minimum Gasteiger partial charge on any atom is -0.486 e. The lowest BCUT2D eigenvalue weighted by Gasteiger charge is -2.31. The summed E-state index contributed by atoms with van der Waals surface area (Å²) in [7, 11) is 0. The second-order valence-electron chi connectivity index (χ2n) is 7.71. The van der Waals surface area contributed by atoms with Crippen molar-refractivity contribution in [1.82, 2.24) is 19.8 Å². The minimum absolute atomic E-state index is 0.0512. The summed E-state index contributed by atoms with van der Waals surface area (Å²) in [5, 5.41) is 14.1. The molecule has 10 heteroatoms. The molecule has 3 aromatic rings. The molecule has 0 spiro atoms. The number of hydrogen-bond donors (Lipinski definition) is 1. The van der Waals surface area contributed by atoms with Gasteiger partial charge in [0.2, 0.25) is 0 Å². The molecular formula is C20H20F3N5O2. The molecule has 3 heterocycles. The van der Waals surface area contributed by atoms with Gasteiger partial charge in [0.1, 0.15) is 19.0 Å². The van der Waals surface area contributed by atoms with Crippen LogP contribution in [-0.2, 0) is 11.6 Å². The number of aromatic nitrogens is 4. The molecule has 2 aliphatic rings. The number of rotatable bonds is 4. The maximum Gasteiger partial charge on any atom is 0.453 e. The first-order chi connectivity index (χ1) is 14.4. The molecule has 1 aliphatic heterocycles. The van der Waals surface area contributed by atoms with E-state index in [1.807, 2.05) is 12.1 Å². The molecule has 7 nitrogen and oxygen atoms in total. The van der Waals surface area contributed by atoms with Crippen LogP contribution in [0.1, 0.15) is 37.1 Å². The van der Waals surface area contributed by atoms with Crippen molar-refractivity contribution < 1.29 is 22.6 Å². The predicted molar refractivity (Wildman–Crippen MR) is 102 cm³/mol. The van der Waals surface area contributed by atoms with E-state index in [0.717, 1.165) is 47.3 Å². The Morgan fingerprint density at radius 3 is 2.53 bits per heavy atom. The average molecular weight is 419 g/mol. The van der Waals surface area contributed by atoms with E-state index >= 15 is 0 Å². The van der Waals surface area contributed by atoms with Crippen LogP contribution in [-0.4, -0.2) is 39.6 Å². The molecule has 1 aromatic carbocycles. The van der Waals surface area contributed by atoms with E-state index in [1.54, 1.807) is 6.07 Å². The Balaban J connectivity index is 1.42.